The van der Waals surface area contributed by atoms with Gasteiger partial charge in [-0.25, -0.2) is 9.40 Å². The van der Waals surface area contributed by atoms with Crippen LogP contribution >= 0.6 is 0 Å². The summed E-state index contributed by atoms with van der Waals surface area (Å²) in [5.41, 5.74) is 2.58. The highest BCUT2D eigenvalue weighted by molar-refractivity contribution is 5.78. The summed E-state index contributed by atoms with van der Waals surface area (Å²) in [6, 6.07) is 2.57. The summed E-state index contributed by atoms with van der Waals surface area (Å²) < 4.78 is 20.9. The lowest BCUT2D eigenvalue weighted by molar-refractivity contribution is 0.255. The third kappa shape index (κ3) is 3.02. The minimum atomic E-state index is -0.204. The second-order valence-corrected chi connectivity index (χ2v) is 7.91. The number of methoxy groups -OCH3 is 1. The number of halogens is 1. The van der Waals surface area contributed by atoms with Crippen molar-refractivity contribution in [1.82, 2.24) is 10.3 Å². The maximum atomic E-state index is 15.1. The van der Waals surface area contributed by atoms with Crippen molar-refractivity contribution in [1.29, 1.82) is 0 Å². The van der Waals surface area contributed by atoms with Crippen LogP contribution in [0.3, 0.4) is 0 Å². The first-order valence-electron chi connectivity index (χ1n) is 9.61. The van der Waals surface area contributed by atoms with Crippen LogP contribution in [0.15, 0.2) is 6.07 Å². The molecule has 0 radical (unpaired) electrons. The van der Waals surface area contributed by atoms with Crippen LogP contribution in [-0.2, 0) is 6.54 Å². The molecule has 0 spiro atoms. The number of nitrogens with two attached hydrogens (primary N) is 1. The molecule has 0 unspecified atom stereocenters. The normalized spacial score (nSPS) is 24.7. The van der Waals surface area contributed by atoms with Gasteiger partial charge >= 0.3 is 0 Å². The summed E-state index contributed by atoms with van der Waals surface area (Å²) in [5.74, 6) is 7.07. The Morgan fingerprint density at radius 2 is 2.08 bits per heavy atom. The van der Waals surface area contributed by atoms with Crippen molar-refractivity contribution in [3.05, 3.63) is 17.4 Å². The van der Waals surface area contributed by atoms with Crippen molar-refractivity contribution in [2.24, 2.45) is 11.8 Å². The van der Waals surface area contributed by atoms with E-state index < -0.39 is 0 Å². The molecular formula is C19H30FN5O. The summed E-state index contributed by atoms with van der Waals surface area (Å²) in [6.45, 7) is 5.11. The summed E-state index contributed by atoms with van der Waals surface area (Å²) in [5, 5.41) is 5.08. The van der Waals surface area contributed by atoms with Crippen LogP contribution in [0.4, 0.5) is 15.8 Å². The van der Waals surface area contributed by atoms with Gasteiger partial charge in [0.15, 0.2) is 11.6 Å². The molecule has 3 aliphatic rings. The highest BCUT2D eigenvalue weighted by Gasteiger charge is 2.39. The number of anilines is 2. The highest BCUT2D eigenvalue weighted by atomic mass is 19.1. The molecule has 1 saturated carbocycles. The number of nitrogens with one attached hydrogen (secondary N) is 1. The van der Waals surface area contributed by atoms with Gasteiger partial charge in [-0.3, -0.25) is 5.84 Å². The second-order valence-electron chi connectivity index (χ2n) is 7.91. The van der Waals surface area contributed by atoms with Gasteiger partial charge in [-0.2, -0.15) is 0 Å². The van der Waals surface area contributed by atoms with Crippen LogP contribution in [0.2, 0.25) is 0 Å². The number of rotatable bonds is 5. The number of hydrogen-bond acceptors (Lipinski definition) is 6. The van der Waals surface area contributed by atoms with Crippen molar-refractivity contribution in [2.45, 2.75) is 44.8 Å². The topological polar surface area (TPSA) is 57.0 Å². The van der Waals surface area contributed by atoms with Gasteiger partial charge in [-0.15, -0.1) is 0 Å². The van der Waals surface area contributed by atoms with Crippen molar-refractivity contribution in [3.8, 4) is 5.75 Å². The average molecular weight is 363 g/mol. The van der Waals surface area contributed by atoms with E-state index in [1.807, 2.05) is 7.05 Å². The molecule has 2 heterocycles. The van der Waals surface area contributed by atoms with Crippen molar-refractivity contribution < 1.29 is 9.13 Å². The van der Waals surface area contributed by atoms with Gasteiger partial charge in [0.2, 0.25) is 0 Å². The van der Waals surface area contributed by atoms with E-state index >= 15 is 4.39 Å². The zero-order chi connectivity index (χ0) is 18.4. The minimum Gasteiger partial charge on any atom is -0.492 e. The zero-order valence-electron chi connectivity index (χ0n) is 16.0. The van der Waals surface area contributed by atoms with Gasteiger partial charge < -0.3 is 19.9 Å². The van der Waals surface area contributed by atoms with Gasteiger partial charge in [0, 0.05) is 31.7 Å². The molecule has 1 aromatic carbocycles. The van der Waals surface area contributed by atoms with Gasteiger partial charge in [0.1, 0.15) is 5.69 Å². The molecule has 0 aromatic heterocycles. The fraction of sp³-hybridized carbons (Fsp3) is 0.684. The van der Waals surface area contributed by atoms with E-state index in [-0.39, 0.29) is 5.82 Å². The number of hydrazine groups is 1. The monoisotopic (exact) mass is 363 g/mol. The standard InChI is InChI=1S/C19H30FN5O/c1-12(22-2)13-6-7-23(9-13)18-16(20)8-14-10-24(21)11-25(15-4-5-15)17(14)19(18)26-3/h8,12-13,15,22H,4-7,9-11,21H2,1-3H3/t12-,13+/m0/s1. The maximum Gasteiger partial charge on any atom is 0.168 e. The van der Waals surface area contributed by atoms with Crippen LogP contribution in [0, 0.1) is 11.7 Å². The number of fused-ring (bicyclic) bond motifs is 1. The van der Waals surface area contributed by atoms with Gasteiger partial charge in [0.25, 0.3) is 0 Å². The molecule has 1 saturated heterocycles. The van der Waals surface area contributed by atoms with E-state index in [9.17, 15) is 0 Å². The van der Waals surface area contributed by atoms with E-state index in [2.05, 4.69) is 22.0 Å². The maximum absolute atomic E-state index is 15.1. The summed E-state index contributed by atoms with van der Waals surface area (Å²) >= 11 is 0. The summed E-state index contributed by atoms with van der Waals surface area (Å²) in [6.07, 6.45) is 3.38. The van der Waals surface area contributed by atoms with E-state index in [4.69, 9.17) is 10.6 Å². The molecule has 144 valence electrons. The van der Waals surface area contributed by atoms with Gasteiger partial charge in [0.05, 0.1) is 19.5 Å². The fourth-order valence-electron chi connectivity index (χ4n) is 4.43. The molecule has 6 nitrogen and oxygen atoms in total. The van der Waals surface area contributed by atoms with E-state index in [1.54, 1.807) is 18.2 Å². The molecule has 0 bridgehead atoms. The smallest absolute Gasteiger partial charge is 0.168 e. The molecule has 0 amide bonds. The minimum absolute atomic E-state index is 0.204. The van der Waals surface area contributed by atoms with Crippen molar-refractivity contribution in [2.75, 3.05) is 43.7 Å². The van der Waals surface area contributed by atoms with E-state index in [0.717, 1.165) is 43.6 Å². The van der Waals surface area contributed by atoms with Crippen molar-refractivity contribution >= 4 is 11.4 Å². The predicted octanol–water partition coefficient (Wildman–Crippen LogP) is 1.88. The molecule has 4 rings (SSSR count). The molecule has 2 aliphatic heterocycles. The van der Waals surface area contributed by atoms with Crippen LogP contribution in [-0.4, -0.2) is 51.0 Å². The third-order valence-corrected chi connectivity index (χ3v) is 6.15. The number of hydrogen-bond donors (Lipinski definition) is 2. The van der Waals surface area contributed by atoms with Crippen LogP contribution in [0.25, 0.3) is 0 Å². The molecule has 1 aromatic rings. The van der Waals surface area contributed by atoms with Crippen LogP contribution < -0.4 is 25.7 Å². The average Bonchev–Trinajstić information content (AvgIpc) is 3.36. The Kier molecular flexibility index (Phi) is 4.71. The van der Waals surface area contributed by atoms with E-state index in [0.29, 0.717) is 42.7 Å². The molecule has 2 atom stereocenters. The second kappa shape index (κ2) is 6.87. The lowest BCUT2D eigenvalue weighted by Crippen LogP contribution is -2.47. The first kappa shape index (κ1) is 17.8. The lowest BCUT2D eigenvalue weighted by atomic mass is 10.0. The number of benzene rings is 1. The van der Waals surface area contributed by atoms with Crippen LogP contribution in [0.5, 0.6) is 5.75 Å². The Morgan fingerprint density at radius 1 is 1.31 bits per heavy atom. The fourth-order valence-corrected chi connectivity index (χ4v) is 4.43. The lowest BCUT2D eigenvalue weighted by Gasteiger charge is -2.38. The Labute approximate surface area is 155 Å². The quantitative estimate of drug-likeness (QED) is 0.779. The number of ether oxygens (including phenoxy) is 1. The Bertz CT molecular complexity index is 680. The van der Waals surface area contributed by atoms with Gasteiger partial charge in [-0.05, 0) is 50.8 Å². The Morgan fingerprint density at radius 3 is 2.73 bits per heavy atom. The summed E-state index contributed by atoms with van der Waals surface area (Å²) in [4.78, 5) is 4.46. The molecule has 2 fully saturated rings. The predicted molar refractivity (Wildman–Crippen MR) is 102 cm³/mol. The molecule has 26 heavy (non-hydrogen) atoms. The third-order valence-electron chi connectivity index (χ3n) is 6.15. The number of nitrogens with zero attached hydrogens (tertiary/aromatic N) is 3. The Balaban J connectivity index is 1.73. The zero-order valence-corrected chi connectivity index (χ0v) is 16.0. The molecule has 7 heteroatoms. The Hall–Kier alpha value is -1.57. The largest absolute Gasteiger partial charge is 0.492 e. The van der Waals surface area contributed by atoms with Crippen molar-refractivity contribution in [3.63, 3.8) is 0 Å². The molecule has 3 N–H and O–H groups in total. The van der Waals surface area contributed by atoms with Gasteiger partial charge in [-0.1, -0.05) is 0 Å². The molecule has 1 aliphatic carbocycles. The summed E-state index contributed by atoms with van der Waals surface area (Å²) in [7, 11) is 3.64. The first-order chi connectivity index (χ1) is 12.5. The van der Waals surface area contributed by atoms with E-state index in [1.165, 1.54) is 0 Å². The SMILES string of the molecule is CN[C@@H](C)[C@@H]1CCN(c2c(F)cc3c(c2OC)N(C2CC2)CN(N)C3)C1. The first-order valence-corrected chi connectivity index (χ1v) is 9.61. The van der Waals surface area contributed by atoms with Crippen LogP contribution in [0.1, 0.15) is 31.7 Å². The highest BCUT2D eigenvalue weighted by Crippen LogP contribution is 2.48. The molecular weight excluding hydrogens is 333 g/mol.